The summed E-state index contributed by atoms with van der Waals surface area (Å²) >= 11 is 6.15. The second kappa shape index (κ2) is 11.1. The summed E-state index contributed by atoms with van der Waals surface area (Å²) in [6, 6.07) is 4.72. The molecule has 2 rings (SSSR count). The Labute approximate surface area is 185 Å². The molecule has 0 spiro atoms. The topological polar surface area (TPSA) is 140 Å². The van der Waals surface area contributed by atoms with Crippen molar-refractivity contribution in [1.29, 1.82) is 0 Å². The molecular formula is C17H27BrClN7O3. The molecule has 2 amide bonds. The summed E-state index contributed by atoms with van der Waals surface area (Å²) in [5.74, 6) is 0.722. The number of ether oxygens (including phenoxy) is 1. The summed E-state index contributed by atoms with van der Waals surface area (Å²) in [6.45, 7) is 6.66. The molecule has 0 aromatic heterocycles. The quantitative estimate of drug-likeness (QED) is 0.411. The van der Waals surface area contributed by atoms with Gasteiger partial charge in [0, 0.05) is 24.7 Å². The minimum absolute atomic E-state index is 0. The largest absolute Gasteiger partial charge is 0.492 e. The van der Waals surface area contributed by atoms with Crippen molar-refractivity contribution < 1.29 is 14.4 Å². The van der Waals surface area contributed by atoms with Crippen LogP contribution in [0.25, 0.3) is 0 Å². The number of nitrogens with two attached hydrogens (primary N) is 2. The Morgan fingerprint density at radius 2 is 2.03 bits per heavy atom. The van der Waals surface area contributed by atoms with Gasteiger partial charge in [-0.1, -0.05) is 11.6 Å². The first kappa shape index (κ1) is 24.8. The van der Waals surface area contributed by atoms with Crippen LogP contribution >= 0.6 is 28.6 Å². The normalized spacial score (nSPS) is 15.0. The third-order valence-electron chi connectivity index (χ3n) is 3.62. The molecule has 29 heavy (non-hydrogen) atoms. The molecule has 0 saturated heterocycles. The van der Waals surface area contributed by atoms with Gasteiger partial charge in [0.05, 0.1) is 18.2 Å². The second-order valence-corrected chi connectivity index (χ2v) is 6.80. The molecule has 12 heteroatoms. The number of nitrogens with zero attached hydrogens (tertiary/aromatic N) is 3. The van der Waals surface area contributed by atoms with E-state index >= 15 is 0 Å². The number of rotatable bonds is 8. The van der Waals surface area contributed by atoms with Gasteiger partial charge in [0.1, 0.15) is 5.75 Å². The Kier molecular flexibility index (Phi) is 9.47. The number of hydrogen-bond acceptors (Lipinski definition) is 8. The summed E-state index contributed by atoms with van der Waals surface area (Å²) in [5.41, 5.74) is 11.3. The number of hydrogen-bond donors (Lipinski definition) is 4. The molecule has 0 fully saturated rings. The molecule has 1 aliphatic heterocycles. The van der Waals surface area contributed by atoms with E-state index in [9.17, 15) is 4.79 Å². The van der Waals surface area contributed by atoms with Crippen LogP contribution in [0.15, 0.2) is 28.2 Å². The zero-order chi connectivity index (χ0) is 20.7. The summed E-state index contributed by atoms with van der Waals surface area (Å²) < 4.78 is 5.69. The Morgan fingerprint density at radius 1 is 1.31 bits per heavy atom. The molecule has 162 valence electrons. The van der Waals surface area contributed by atoms with E-state index in [4.69, 9.17) is 32.6 Å². The van der Waals surface area contributed by atoms with Crippen LogP contribution in [-0.2, 0) is 4.84 Å². The highest BCUT2D eigenvalue weighted by molar-refractivity contribution is 8.93. The predicted molar refractivity (Wildman–Crippen MR) is 120 cm³/mol. The van der Waals surface area contributed by atoms with Crippen LogP contribution in [0.2, 0.25) is 5.02 Å². The monoisotopic (exact) mass is 491 g/mol. The number of benzene rings is 1. The zero-order valence-electron chi connectivity index (χ0n) is 16.6. The Bertz CT molecular complexity index is 773. The fraction of sp³-hybridized carbons (Fsp3) is 0.471. The SMILES string of the molecule is Br.CCNC(=O)Nc1ccc(Cl)c(OCCCON2C(N)=NC(N)=NC2(C)C)c1. The van der Waals surface area contributed by atoms with E-state index in [-0.39, 0.29) is 34.9 Å². The lowest BCUT2D eigenvalue weighted by atomic mass is 10.2. The molecule has 6 N–H and O–H groups in total. The highest BCUT2D eigenvalue weighted by atomic mass is 79.9. The van der Waals surface area contributed by atoms with Crippen molar-refractivity contribution in [3.8, 4) is 5.75 Å². The van der Waals surface area contributed by atoms with Crippen molar-refractivity contribution in [3.05, 3.63) is 23.2 Å². The lowest BCUT2D eigenvalue weighted by Crippen LogP contribution is -2.53. The number of nitrogens with one attached hydrogen (secondary N) is 2. The number of aliphatic imine (C=N–C) groups is 2. The number of carbonyl (C=O) groups is 1. The summed E-state index contributed by atoms with van der Waals surface area (Å²) in [7, 11) is 0. The Morgan fingerprint density at radius 3 is 2.69 bits per heavy atom. The van der Waals surface area contributed by atoms with Crippen molar-refractivity contribution >= 4 is 52.2 Å². The average Bonchev–Trinajstić information content (AvgIpc) is 2.58. The molecule has 1 aromatic rings. The summed E-state index contributed by atoms with van der Waals surface area (Å²) in [5, 5.41) is 7.21. The fourth-order valence-electron chi connectivity index (χ4n) is 2.44. The first-order valence-electron chi connectivity index (χ1n) is 8.82. The maximum atomic E-state index is 11.6. The number of halogens is 2. The second-order valence-electron chi connectivity index (χ2n) is 6.39. The number of urea groups is 1. The van der Waals surface area contributed by atoms with Crippen molar-refractivity contribution in [2.75, 3.05) is 25.1 Å². The number of hydroxylamine groups is 2. The van der Waals surface area contributed by atoms with Gasteiger partial charge in [-0.25, -0.2) is 9.79 Å². The van der Waals surface area contributed by atoms with Crippen LogP contribution in [0.4, 0.5) is 10.5 Å². The van der Waals surface area contributed by atoms with Gasteiger partial charge in [0.25, 0.3) is 0 Å². The lowest BCUT2D eigenvalue weighted by molar-refractivity contribution is -0.158. The van der Waals surface area contributed by atoms with Crippen LogP contribution in [0, 0.1) is 0 Å². The summed E-state index contributed by atoms with van der Waals surface area (Å²) in [4.78, 5) is 25.4. The third kappa shape index (κ3) is 7.26. The Balaban J connectivity index is 0.00000420. The van der Waals surface area contributed by atoms with Crippen molar-refractivity contribution in [3.63, 3.8) is 0 Å². The van der Waals surface area contributed by atoms with Crippen molar-refractivity contribution in [2.24, 2.45) is 21.5 Å². The van der Waals surface area contributed by atoms with Gasteiger partial charge >= 0.3 is 6.03 Å². The average molecular weight is 493 g/mol. The smallest absolute Gasteiger partial charge is 0.319 e. The first-order valence-corrected chi connectivity index (χ1v) is 9.20. The van der Waals surface area contributed by atoms with E-state index in [1.54, 1.807) is 18.2 Å². The van der Waals surface area contributed by atoms with E-state index in [0.29, 0.717) is 42.6 Å². The molecule has 1 heterocycles. The molecule has 1 aliphatic rings. The van der Waals surface area contributed by atoms with Gasteiger partial charge in [-0.2, -0.15) is 10.1 Å². The van der Waals surface area contributed by atoms with Crippen LogP contribution in [0.5, 0.6) is 5.75 Å². The standard InChI is InChI=1S/C17H26ClN7O3.BrH/c1-4-21-16(26)22-11-6-7-12(18)13(10-11)27-8-5-9-28-25-15(20)23-14(19)24-17(25,2)3;/h6-7,10H,4-5,8-9H2,1-3H3,(H2,21,22,26)(H4,19,20,23,24);1H. The predicted octanol–water partition coefficient (Wildman–Crippen LogP) is 2.44. The van der Waals surface area contributed by atoms with E-state index in [1.807, 2.05) is 20.8 Å². The molecule has 0 saturated carbocycles. The van der Waals surface area contributed by atoms with Crippen LogP contribution in [0.1, 0.15) is 27.2 Å². The number of anilines is 1. The maximum Gasteiger partial charge on any atom is 0.319 e. The minimum Gasteiger partial charge on any atom is -0.492 e. The highest BCUT2D eigenvalue weighted by Crippen LogP contribution is 2.28. The molecule has 10 nitrogen and oxygen atoms in total. The van der Waals surface area contributed by atoms with Crippen LogP contribution < -0.4 is 26.8 Å². The number of amides is 2. The minimum atomic E-state index is -0.751. The molecule has 0 atom stereocenters. The zero-order valence-corrected chi connectivity index (χ0v) is 19.0. The van der Waals surface area contributed by atoms with Gasteiger partial charge in [0.15, 0.2) is 5.66 Å². The van der Waals surface area contributed by atoms with Gasteiger partial charge < -0.3 is 26.8 Å². The number of guanidine groups is 2. The third-order valence-corrected chi connectivity index (χ3v) is 3.93. The maximum absolute atomic E-state index is 11.6. The van der Waals surface area contributed by atoms with Crippen molar-refractivity contribution in [2.45, 2.75) is 32.9 Å². The van der Waals surface area contributed by atoms with E-state index in [2.05, 4.69) is 20.6 Å². The van der Waals surface area contributed by atoms with E-state index in [1.165, 1.54) is 5.06 Å². The molecule has 0 unspecified atom stereocenters. The number of carbonyl (C=O) groups excluding carboxylic acids is 1. The molecule has 1 aromatic carbocycles. The van der Waals surface area contributed by atoms with Gasteiger partial charge in [-0.15, -0.1) is 17.0 Å². The lowest BCUT2D eigenvalue weighted by Gasteiger charge is -2.36. The van der Waals surface area contributed by atoms with E-state index in [0.717, 1.165) is 0 Å². The van der Waals surface area contributed by atoms with Gasteiger partial charge in [-0.05, 0) is 32.9 Å². The Hall–Kier alpha value is -2.24. The summed E-state index contributed by atoms with van der Waals surface area (Å²) in [6.07, 6.45) is 0.559. The van der Waals surface area contributed by atoms with E-state index < -0.39 is 5.66 Å². The molecule has 0 bridgehead atoms. The molecular weight excluding hydrogens is 466 g/mol. The van der Waals surface area contributed by atoms with Gasteiger partial charge in [0.2, 0.25) is 11.9 Å². The van der Waals surface area contributed by atoms with Crippen molar-refractivity contribution in [1.82, 2.24) is 10.4 Å². The van der Waals surface area contributed by atoms with Crippen LogP contribution in [0.3, 0.4) is 0 Å². The van der Waals surface area contributed by atoms with Crippen LogP contribution in [-0.4, -0.2) is 48.4 Å². The fourth-order valence-corrected chi connectivity index (χ4v) is 2.61. The molecule has 0 aliphatic carbocycles. The highest BCUT2D eigenvalue weighted by Gasteiger charge is 2.32. The van der Waals surface area contributed by atoms with Gasteiger partial charge in [-0.3, -0.25) is 4.84 Å². The first-order chi connectivity index (χ1) is 13.2. The molecule has 0 radical (unpaired) electrons.